The highest BCUT2D eigenvalue weighted by molar-refractivity contribution is 9.09. The minimum atomic E-state index is -4.21. The van der Waals surface area contributed by atoms with Crippen LogP contribution in [0.2, 0.25) is 0 Å². The molecule has 1 unspecified atom stereocenters. The van der Waals surface area contributed by atoms with Crippen LogP contribution in [0.1, 0.15) is 5.56 Å². The third-order valence-corrected chi connectivity index (χ3v) is 2.81. The van der Waals surface area contributed by atoms with Gasteiger partial charge in [-0.3, -0.25) is 4.98 Å². The summed E-state index contributed by atoms with van der Waals surface area (Å²) >= 11 is 2.63. The quantitative estimate of drug-likeness (QED) is 0.794. The summed E-state index contributed by atoms with van der Waals surface area (Å²) in [5, 5.41) is 0. The number of pyridine rings is 1. The number of halogens is 4. The molecular formula is C10H12BrF3N2. The number of nitrogens with zero attached hydrogens (tertiary/aromatic N) is 2. The molecule has 0 aliphatic carbocycles. The first kappa shape index (κ1) is 13.4. The third kappa shape index (κ3) is 4.49. The van der Waals surface area contributed by atoms with Gasteiger partial charge in [-0.15, -0.1) is 0 Å². The molecule has 0 aliphatic rings. The van der Waals surface area contributed by atoms with Gasteiger partial charge in [0.1, 0.15) is 4.83 Å². The fraction of sp³-hybridized carbons (Fsp3) is 0.500. The molecule has 1 aromatic heterocycles. The summed E-state index contributed by atoms with van der Waals surface area (Å²) in [7, 11) is 1.65. The highest BCUT2D eigenvalue weighted by Crippen LogP contribution is 2.26. The predicted molar refractivity (Wildman–Crippen MR) is 59.3 cm³/mol. The molecule has 1 atom stereocenters. The van der Waals surface area contributed by atoms with Gasteiger partial charge in [-0.2, -0.15) is 13.2 Å². The third-order valence-electron chi connectivity index (χ3n) is 2.00. The molecule has 0 saturated heterocycles. The Morgan fingerprint density at radius 1 is 1.50 bits per heavy atom. The molecule has 0 aliphatic heterocycles. The van der Waals surface area contributed by atoms with Crippen molar-refractivity contribution in [2.75, 3.05) is 13.6 Å². The number of hydrogen-bond donors (Lipinski definition) is 0. The van der Waals surface area contributed by atoms with E-state index in [0.29, 0.717) is 6.54 Å². The SMILES string of the molecule is CN(Cc1cccnc1)CC(Br)C(F)(F)F. The molecule has 1 heterocycles. The molecule has 0 amide bonds. The van der Waals surface area contributed by atoms with Crippen LogP contribution < -0.4 is 0 Å². The van der Waals surface area contributed by atoms with Crippen LogP contribution in [-0.4, -0.2) is 34.5 Å². The fourth-order valence-corrected chi connectivity index (χ4v) is 1.74. The van der Waals surface area contributed by atoms with Crippen molar-refractivity contribution in [2.24, 2.45) is 0 Å². The summed E-state index contributed by atoms with van der Waals surface area (Å²) in [5.74, 6) is 0. The van der Waals surface area contributed by atoms with Crippen LogP contribution in [0.15, 0.2) is 24.5 Å². The lowest BCUT2D eigenvalue weighted by molar-refractivity contribution is -0.130. The molecule has 0 radical (unpaired) electrons. The van der Waals surface area contributed by atoms with Crippen molar-refractivity contribution >= 4 is 15.9 Å². The zero-order valence-corrected chi connectivity index (χ0v) is 10.3. The summed E-state index contributed by atoms with van der Waals surface area (Å²) in [5.41, 5.74) is 0.895. The van der Waals surface area contributed by atoms with Gasteiger partial charge in [0.2, 0.25) is 0 Å². The standard InChI is InChI=1S/C10H12BrF3N2/c1-16(7-9(11)10(12,13)14)6-8-3-2-4-15-5-8/h2-5,9H,6-7H2,1H3. The summed E-state index contributed by atoms with van der Waals surface area (Å²) < 4.78 is 36.8. The molecular weight excluding hydrogens is 285 g/mol. The van der Waals surface area contributed by atoms with E-state index in [1.807, 2.05) is 6.07 Å². The maximum atomic E-state index is 12.3. The van der Waals surface area contributed by atoms with Crippen LogP contribution in [0.4, 0.5) is 13.2 Å². The minimum Gasteiger partial charge on any atom is -0.301 e. The van der Waals surface area contributed by atoms with Crippen molar-refractivity contribution in [2.45, 2.75) is 17.5 Å². The van der Waals surface area contributed by atoms with Gasteiger partial charge < -0.3 is 4.90 Å². The monoisotopic (exact) mass is 296 g/mol. The van der Waals surface area contributed by atoms with Gasteiger partial charge in [0.15, 0.2) is 0 Å². The molecule has 1 rings (SSSR count). The van der Waals surface area contributed by atoms with Crippen molar-refractivity contribution in [1.29, 1.82) is 0 Å². The van der Waals surface area contributed by atoms with Crippen LogP contribution in [-0.2, 0) is 6.54 Å². The Bertz CT molecular complexity index is 316. The van der Waals surface area contributed by atoms with Crippen LogP contribution in [0.5, 0.6) is 0 Å². The lowest BCUT2D eigenvalue weighted by Crippen LogP contribution is -2.35. The van der Waals surface area contributed by atoms with E-state index in [-0.39, 0.29) is 6.54 Å². The van der Waals surface area contributed by atoms with E-state index in [4.69, 9.17) is 0 Å². The first-order chi connectivity index (χ1) is 7.39. The van der Waals surface area contributed by atoms with Gasteiger partial charge in [-0.1, -0.05) is 22.0 Å². The van der Waals surface area contributed by atoms with E-state index in [2.05, 4.69) is 20.9 Å². The van der Waals surface area contributed by atoms with Crippen molar-refractivity contribution in [1.82, 2.24) is 9.88 Å². The average Bonchev–Trinajstić information content (AvgIpc) is 2.17. The van der Waals surface area contributed by atoms with E-state index >= 15 is 0 Å². The molecule has 6 heteroatoms. The molecule has 0 saturated carbocycles. The highest BCUT2D eigenvalue weighted by atomic mass is 79.9. The maximum absolute atomic E-state index is 12.3. The largest absolute Gasteiger partial charge is 0.402 e. The van der Waals surface area contributed by atoms with Crippen LogP contribution in [0.25, 0.3) is 0 Å². The molecule has 1 aromatic rings. The van der Waals surface area contributed by atoms with Crippen LogP contribution >= 0.6 is 15.9 Å². The summed E-state index contributed by atoms with van der Waals surface area (Å²) in [6.07, 6.45) is -0.928. The number of aromatic nitrogens is 1. The topological polar surface area (TPSA) is 16.1 Å². The minimum absolute atomic E-state index is 0.0849. The van der Waals surface area contributed by atoms with Crippen LogP contribution in [0.3, 0.4) is 0 Å². The second-order valence-corrected chi connectivity index (χ2v) is 4.67. The fourth-order valence-electron chi connectivity index (χ4n) is 1.25. The Morgan fingerprint density at radius 3 is 2.69 bits per heavy atom. The Hall–Kier alpha value is -0.620. The first-order valence-electron chi connectivity index (χ1n) is 4.68. The molecule has 0 aromatic carbocycles. The zero-order chi connectivity index (χ0) is 12.2. The molecule has 0 fully saturated rings. The summed E-state index contributed by atoms with van der Waals surface area (Å²) in [6, 6.07) is 3.60. The van der Waals surface area contributed by atoms with Gasteiger partial charge in [0.05, 0.1) is 0 Å². The Kier molecular flexibility index (Phi) is 4.73. The normalized spacial score (nSPS) is 14.1. The second kappa shape index (κ2) is 5.63. The van der Waals surface area contributed by atoms with Gasteiger partial charge in [0, 0.05) is 25.5 Å². The number of hydrogen-bond acceptors (Lipinski definition) is 2. The molecule has 0 bridgehead atoms. The summed E-state index contributed by atoms with van der Waals surface area (Å²) in [6.45, 7) is 0.365. The summed E-state index contributed by atoms with van der Waals surface area (Å²) in [4.78, 5) is 4.01. The molecule has 90 valence electrons. The lowest BCUT2D eigenvalue weighted by atomic mass is 10.2. The Balaban J connectivity index is 2.45. The van der Waals surface area contributed by atoms with Crippen molar-refractivity contribution in [3.8, 4) is 0 Å². The molecule has 0 spiro atoms. The molecule has 2 nitrogen and oxygen atoms in total. The Labute approximate surface area is 101 Å². The molecule has 0 N–H and O–H groups in total. The lowest BCUT2D eigenvalue weighted by Gasteiger charge is -2.21. The van der Waals surface area contributed by atoms with E-state index < -0.39 is 11.0 Å². The van der Waals surface area contributed by atoms with E-state index in [1.165, 1.54) is 0 Å². The molecule has 16 heavy (non-hydrogen) atoms. The van der Waals surface area contributed by atoms with E-state index in [0.717, 1.165) is 5.56 Å². The Morgan fingerprint density at radius 2 is 2.19 bits per heavy atom. The number of alkyl halides is 4. The average molecular weight is 297 g/mol. The predicted octanol–water partition coefficient (Wildman–Crippen LogP) is 2.84. The van der Waals surface area contributed by atoms with Crippen molar-refractivity contribution in [3.63, 3.8) is 0 Å². The first-order valence-corrected chi connectivity index (χ1v) is 5.59. The maximum Gasteiger partial charge on any atom is 0.402 e. The zero-order valence-electron chi connectivity index (χ0n) is 8.71. The smallest absolute Gasteiger partial charge is 0.301 e. The van der Waals surface area contributed by atoms with Crippen molar-refractivity contribution in [3.05, 3.63) is 30.1 Å². The van der Waals surface area contributed by atoms with Gasteiger partial charge in [0.25, 0.3) is 0 Å². The number of rotatable bonds is 4. The van der Waals surface area contributed by atoms with Crippen LogP contribution in [0, 0.1) is 0 Å². The van der Waals surface area contributed by atoms with Crippen molar-refractivity contribution < 1.29 is 13.2 Å². The van der Waals surface area contributed by atoms with E-state index in [9.17, 15) is 13.2 Å². The second-order valence-electron chi connectivity index (χ2n) is 3.57. The van der Waals surface area contributed by atoms with Gasteiger partial charge in [-0.05, 0) is 18.7 Å². The highest BCUT2D eigenvalue weighted by Gasteiger charge is 2.38. The van der Waals surface area contributed by atoms with Gasteiger partial charge in [-0.25, -0.2) is 0 Å². The van der Waals surface area contributed by atoms with E-state index in [1.54, 1.807) is 30.4 Å². The van der Waals surface area contributed by atoms with Gasteiger partial charge >= 0.3 is 6.18 Å².